The van der Waals surface area contributed by atoms with Crippen LogP contribution in [-0.4, -0.2) is 54.6 Å². The zero-order valence-electron chi connectivity index (χ0n) is 13.6. The summed E-state index contributed by atoms with van der Waals surface area (Å²) >= 11 is 0. The van der Waals surface area contributed by atoms with E-state index >= 15 is 0 Å². The first kappa shape index (κ1) is 17.4. The summed E-state index contributed by atoms with van der Waals surface area (Å²) in [6.07, 6.45) is -0.792. The first-order chi connectivity index (χ1) is 10.8. The van der Waals surface area contributed by atoms with Gasteiger partial charge < -0.3 is 4.90 Å². The Morgan fingerprint density at radius 2 is 2.13 bits per heavy atom. The van der Waals surface area contributed by atoms with E-state index in [0.29, 0.717) is 19.6 Å². The van der Waals surface area contributed by atoms with E-state index in [1.165, 1.54) is 17.0 Å². The third-order valence-electron chi connectivity index (χ3n) is 4.27. The largest absolute Gasteiger partial charge is 0.337 e. The van der Waals surface area contributed by atoms with Crippen molar-refractivity contribution in [1.29, 1.82) is 5.26 Å². The van der Waals surface area contributed by atoms with Crippen LogP contribution in [0.2, 0.25) is 0 Å². The number of halogens is 2. The molecule has 124 valence electrons. The molecular weight excluding hydrogens is 300 g/mol. The molecule has 1 aliphatic heterocycles. The predicted octanol–water partition coefficient (Wildman–Crippen LogP) is 2.45. The van der Waals surface area contributed by atoms with Crippen LogP contribution in [0.4, 0.5) is 8.78 Å². The van der Waals surface area contributed by atoms with E-state index in [1.807, 2.05) is 24.8 Å². The molecule has 0 radical (unpaired) electrons. The number of amides is 1. The minimum Gasteiger partial charge on any atom is -0.337 e. The zero-order valence-corrected chi connectivity index (χ0v) is 13.6. The Labute approximate surface area is 135 Å². The van der Waals surface area contributed by atoms with Gasteiger partial charge in [-0.05, 0) is 24.1 Å². The van der Waals surface area contributed by atoms with Gasteiger partial charge in [0.2, 0.25) is 0 Å². The average molecular weight is 321 g/mol. The van der Waals surface area contributed by atoms with Gasteiger partial charge in [0.05, 0.1) is 17.2 Å². The number of hydrogen-bond donors (Lipinski definition) is 0. The van der Waals surface area contributed by atoms with E-state index in [4.69, 9.17) is 5.26 Å². The van der Waals surface area contributed by atoms with E-state index in [0.717, 1.165) is 6.07 Å². The maximum absolute atomic E-state index is 14.0. The molecule has 4 nitrogen and oxygen atoms in total. The summed E-state index contributed by atoms with van der Waals surface area (Å²) in [6.45, 7) is 5.30. The quantitative estimate of drug-likeness (QED) is 0.837. The number of rotatable bonds is 5. The van der Waals surface area contributed by atoms with E-state index < -0.39 is 17.9 Å². The van der Waals surface area contributed by atoms with Gasteiger partial charge >= 0.3 is 0 Å². The van der Waals surface area contributed by atoms with Crippen LogP contribution in [0.25, 0.3) is 0 Å². The van der Waals surface area contributed by atoms with Crippen LogP contribution < -0.4 is 0 Å². The van der Waals surface area contributed by atoms with Crippen molar-refractivity contribution in [3.63, 3.8) is 0 Å². The average Bonchev–Trinajstić information content (AvgIpc) is 2.48. The van der Waals surface area contributed by atoms with E-state index in [9.17, 15) is 13.6 Å². The molecule has 1 unspecified atom stereocenters. The molecule has 0 N–H and O–H groups in total. The van der Waals surface area contributed by atoms with Gasteiger partial charge in [0.15, 0.2) is 0 Å². The molecule has 0 aromatic heterocycles. The second-order valence-corrected chi connectivity index (χ2v) is 6.35. The lowest BCUT2D eigenvalue weighted by Crippen LogP contribution is -2.55. The minimum absolute atomic E-state index is 0.0517. The Kier molecular flexibility index (Phi) is 5.32. The summed E-state index contributed by atoms with van der Waals surface area (Å²) in [4.78, 5) is 16.0. The molecule has 1 aromatic carbocycles. The van der Waals surface area contributed by atoms with Crippen LogP contribution >= 0.6 is 0 Å². The summed E-state index contributed by atoms with van der Waals surface area (Å²) in [6, 6.07) is 5.54. The highest BCUT2D eigenvalue weighted by Crippen LogP contribution is 2.20. The number of likely N-dealkylation sites (N-methyl/N-ethyl adjacent to an activating group) is 1. The highest BCUT2D eigenvalue weighted by molar-refractivity contribution is 5.94. The SMILES string of the molecule is CC(C)C(CN1CC(F)C1)N(C)C(=O)c1ccc(C#N)cc1F. The zero-order chi connectivity index (χ0) is 17.1. The topological polar surface area (TPSA) is 47.3 Å². The second-order valence-electron chi connectivity index (χ2n) is 6.35. The maximum Gasteiger partial charge on any atom is 0.256 e. The Morgan fingerprint density at radius 3 is 2.61 bits per heavy atom. The second kappa shape index (κ2) is 7.05. The van der Waals surface area contributed by atoms with Gasteiger partial charge in [-0.2, -0.15) is 5.26 Å². The van der Waals surface area contributed by atoms with Gasteiger partial charge in [-0.15, -0.1) is 0 Å². The van der Waals surface area contributed by atoms with Gasteiger partial charge in [0.1, 0.15) is 12.0 Å². The third-order valence-corrected chi connectivity index (χ3v) is 4.27. The monoisotopic (exact) mass is 321 g/mol. The molecule has 2 rings (SSSR count). The molecular formula is C17H21F2N3O. The molecule has 1 aliphatic rings. The summed E-state index contributed by atoms with van der Waals surface area (Å²) in [5, 5.41) is 8.77. The molecule has 0 bridgehead atoms. The van der Waals surface area contributed by atoms with E-state index in [2.05, 4.69) is 0 Å². The van der Waals surface area contributed by atoms with Gasteiger partial charge in [-0.1, -0.05) is 13.8 Å². The number of hydrogen-bond acceptors (Lipinski definition) is 3. The fourth-order valence-corrected chi connectivity index (χ4v) is 2.80. The highest BCUT2D eigenvalue weighted by Gasteiger charge is 2.32. The van der Waals surface area contributed by atoms with Crippen molar-refractivity contribution in [1.82, 2.24) is 9.80 Å². The molecule has 0 saturated carbocycles. The summed E-state index contributed by atoms with van der Waals surface area (Å²) in [5.74, 6) is -0.969. The molecule has 1 amide bonds. The highest BCUT2D eigenvalue weighted by atomic mass is 19.1. The normalized spacial score (nSPS) is 16.7. The van der Waals surface area contributed by atoms with Crippen LogP contribution in [0.3, 0.4) is 0 Å². The van der Waals surface area contributed by atoms with Gasteiger partial charge in [-0.25, -0.2) is 8.78 Å². The lowest BCUT2D eigenvalue weighted by Gasteiger charge is -2.41. The molecule has 0 spiro atoms. The molecule has 1 aromatic rings. The van der Waals surface area contributed by atoms with E-state index in [-0.39, 0.29) is 23.1 Å². The third kappa shape index (κ3) is 3.85. The Hall–Kier alpha value is -2.00. The Bertz CT molecular complexity index is 621. The van der Waals surface area contributed by atoms with Crippen LogP contribution in [0, 0.1) is 23.1 Å². The van der Waals surface area contributed by atoms with Crippen LogP contribution in [0.1, 0.15) is 29.8 Å². The first-order valence-electron chi connectivity index (χ1n) is 7.66. The fraction of sp³-hybridized carbons (Fsp3) is 0.529. The number of benzene rings is 1. The number of carbonyl (C=O) groups excluding carboxylic acids is 1. The predicted molar refractivity (Wildman–Crippen MR) is 83.2 cm³/mol. The summed E-state index contributed by atoms with van der Waals surface area (Å²) in [5.41, 5.74) is 0.126. The molecule has 1 saturated heterocycles. The molecule has 0 aliphatic carbocycles. The van der Waals surface area contributed by atoms with Gasteiger partial charge in [-0.3, -0.25) is 9.69 Å². The number of nitriles is 1. The number of nitrogens with zero attached hydrogens (tertiary/aromatic N) is 3. The number of alkyl halides is 1. The summed E-state index contributed by atoms with van der Waals surface area (Å²) < 4.78 is 27.0. The molecule has 1 atom stereocenters. The summed E-state index contributed by atoms with van der Waals surface area (Å²) in [7, 11) is 1.64. The minimum atomic E-state index is -0.792. The number of carbonyl (C=O) groups is 1. The molecule has 1 fully saturated rings. The molecule has 1 heterocycles. The lowest BCUT2D eigenvalue weighted by molar-refractivity contribution is 0.0275. The fourth-order valence-electron chi connectivity index (χ4n) is 2.80. The maximum atomic E-state index is 14.0. The van der Waals surface area contributed by atoms with Crippen molar-refractivity contribution >= 4 is 5.91 Å². The molecule has 6 heteroatoms. The van der Waals surface area contributed by atoms with Gasteiger partial charge in [0, 0.05) is 32.7 Å². The first-order valence-corrected chi connectivity index (χ1v) is 7.66. The standard InChI is InChI=1S/C17H21F2N3O/c1-11(2)16(10-22-8-13(18)9-22)21(3)17(23)14-5-4-12(7-20)6-15(14)19/h4-6,11,13,16H,8-10H2,1-3H3. The smallest absolute Gasteiger partial charge is 0.256 e. The lowest BCUT2D eigenvalue weighted by atomic mass is 9.99. The van der Waals surface area contributed by atoms with Crippen molar-refractivity contribution in [3.05, 3.63) is 35.1 Å². The van der Waals surface area contributed by atoms with Crippen molar-refractivity contribution in [3.8, 4) is 6.07 Å². The van der Waals surface area contributed by atoms with E-state index in [1.54, 1.807) is 7.05 Å². The van der Waals surface area contributed by atoms with Crippen LogP contribution in [0.15, 0.2) is 18.2 Å². The van der Waals surface area contributed by atoms with Crippen molar-refractivity contribution in [2.24, 2.45) is 5.92 Å². The number of likely N-dealkylation sites (tertiary alicyclic amines) is 1. The Morgan fingerprint density at radius 1 is 1.48 bits per heavy atom. The molecule has 23 heavy (non-hydrogen) atoms. The van der Waals surface area contributed by atoms with Crippen LogP contribution in [-0.2, 0) is 0 Å². The van der Waals surface area contributed by atoms with Crippen molar-refractivity contribution in [2.75, 3.05) is 26.7 Å². The van der Waals surface area contributed by atoms with Crippen molar-refractivity contribution in [2.45, 2.75) is 26.1 Å². The Balaban J connectivity index is 2.14. The van der Waals surface area contributed by atoms with Crippen molar-refractivity contribution < 1.29 is 13.6 Å². The van der Waals surface area contributed by atoms with Gasteiger partial charge in [0.25, 0.3) is 5.91 Å². The van der Waals surface area contributed by atoms with Crippen LogP contribution in [0.5, 0.6) is 0 Å².